The lowest BCUT2D eigenvalue weighted by Crippen LogP contribution is -2.47. The van der Waals surface area contributed by atoms with Gasteiger partial charge >= 0.3 is 0 Å². The van der Waals surface area contributed by atoms with Crippen LogP contribution in [0.4, 0.5) is 5.69 Å². The Balaban J connectivity index is 1.58. The number of ether oxygens (including phenoxy) is 1. The molecule has 0 aliphatic carbocycles. The summed E-state index contributed by atoms with van der Waals surface area (Å²) in [6, 6.07) is 7.65. The van der Waals surface area contributed by atoms with Gasteiger partial charge in [-0.2, -0.15) is 0 Å². The number of hydrogen-bond donors (Lipinski definition) is 1. The zero-order valence-corrected chi connectivity index (χ0v) is 13.4. The molecule has 0 aromatic heterocycles. The molecule has 0 bridgehead atoms. The third-order valence-corrected chi connectivity index (χ3v) is 3.83. The number of piperazine rings is 1. The van der Waals surface area contributed by atoms with Gasteiger partial charge in [-0.3, -0.25) is 0 Å². The molecule has 118 valence electrons. The van der Waals surface area contributed by atoms with E-state index in [1.807, 2.05) is 24.3 Å². The predicted octanol–water partition coefficient (Wildman–Crippen LogP) is 2.31. The molecule has 1 aromatic carbocycles. The largest absolute Gasteiger partial charge is 0.493 e. The van der Waals surface area contributed by atoms with Gasteiger partial charge in [-0.05, 0) is 24.5 Å². The van der Waals surface area contributed by atoms with Crippen molar-refractivity contribution in [2.45, 2.75) is 20.3 Å². The average molecular weight is 291 g/mol. The smallest absolute Gasteiger partial charge is 0.121 e. The van der Waals surface area contributed by atoms with Crippen molar-refractivity contribution < 1.29 is 4.74 Å². The van der Waals surface area contributed by atoms with Gasteiger partial charge in [0.2, 0.25) is 0 Å². The lowest BCUT2D eigenvalue weighted by Gasteiger charge is -2.35. The molecule has 1 aliphatic heterocycles. The molecule has 0 atom stereocenters. The average Bonchev–Trinajstić information content (AvgIpc) is 2.45. The molecule has 0 spiro atoms. The molecule has 0 amide bonds. The minimum Gasteiger partial charge on any atom is -0.493 e. The SMILES string of the molecule is CC(C)CN1CCN(CCCOc2cccc(N)c2)CC1. The molecular weight excluding hydrogens is 262 g/mol. The molecule has 0 radical (unpaired) electrons. The summed E-state index contributed by atoms with van der Waals surface area (Å²) in [7, 11) is 0. The fraction of sp³-hybridized carbons (Fsp3) is 0.647. The van der Waals surface area contributed by atoms with Crippen LogP contribution in [-0.2, 0) is 0 Å². The third kappa shape index (κ3) is 5.94. The standard InChI is InChI=1S/C17H29N3O/c1-15(2)14-20-10-8-19(9-11-20)7-4-12-21-17-6-3-5-16(18)13-17/h3,5-6,13,15H,4,7-12,14,18H2,1-2H3. The lowest BCUT2D eigenvalue weighted by atomic mass is 10.2. The zero-order valence-electron chi connectivity index (χ0n) is 13.4. The molecule has 1 saturated heterocycles. The normalized spacial score (nSPS) is 17.3. The van der Waals surface area contributed by atoms with Crippen LogP contribution in [0, 0.1) is 5.92 Å². The molecule has 4 heteroatoms. The molecule has 4 nitrogen and oxygen atoms in total. The van der Waals surface area contributed by atoms with Crippen molar-refractivity contribution in [2.24, 2.45) is 5.92 Å². The first-order chi connectivity index (χ1) is 10.1. The summed E-state index contributed by atoms with van der Waals surface area (Å²) in [5, 5.41) is 0. The summed E-state index contributed by atoms with van der Waals surface area (Å²) in [5.74, 6) is 1.64. The van der Waals surface area contributed by atoms with E-state index in [-0.39, 0.29) is 0 Å². The molecule has 1 aliphatic rings. The van der Waals surface area contributed by atoms with Crippen LogP contribution in [0.2, 0.25) is 0 Å². The van der Waals surface area contributed by atoms with Gasteiger partial charge in [0.05, 0.1) is 6.61 Å². The van der Waals surface area contributed by atoms with Crippen molar-refractivity contribution in [3.63, 3.8) is 0 Å². The molecule has 2 rings (SSSR count). The van der Waals surface area contributed by atoms with Gasteiger partial charge in [0.15, 0.2) is 0 Å². The fourth-order valence-electron chi connectivity index (χ4n) is 2.79. The van der Waals surface area contributed by atoms with Crippen LogP contribution in [0.1, 0.15) is 20.3 Å². The summed E-state index contributed by atoms with van der Waals surface area (Å²) < 4.78 is 5.73. The van der Waals surface area contributed by atoms with E-state index in [0.29, 0.717) is 0 Å². The summed E-state index contributed by atoms with van der Waals surface area (Å²) in [6.07, 6.45) is 1.07. The molecule has 1 heterocycles. The maximum Gasteiger partial charge on any atom is 0.121 e. The number of hydrogen-bond acceptors (Lipinski definition) is 4. The van der Waals surface area contributed by atoms with Crippen LogP contribution in [0.5, 0.6) is 5.75 Å². The summed E-state index contributed by atoms with van der Waals surface area (Å²) >= 11 is 0. The molecular formula is C17H29N3O. The third-order valence-electron chi connectivity index (χ3n) is 3.83. The topological polar surface area (TPSA) is 41.7 Å². The van der Waals surface area contributed by atoms with Crippen molar-refractivity contribution in [1.82, 2.24) is 9.80 Å². The first-order valence-electron chi connectivity index (χ1n) is 8.06. The molecule has 1 aromatic rings. The van der Waals surface area contributed by atoms with E-state index in [2.05, 4.69) is 23.6 Å². The maximum absolute atomic E-state index is 5.73. The highest BCUT2D eigenvalue weighted by Gasteiger charge is 2.16. The van der Waals surface area contributed by atoms with Gasteiger partial charge in [-0.15, -0.1) is 0 Å². The van der Waals surface area contributed by atoms with Gasteiger partial charge in [0, 0.05) is 51.0 Å². The van der Waals surface area contributed by atoms with E-state index >= 15 is 0 Å². The lowest BCUT2D eigenvalue weighted by molar-refractivity contribution is 0.117. The van der Waals surface area contributed by atoms with E-state index in [1.165, 1.54) is 32.7 Å². The number of nitrogen functional groups attached to an aromatic ring is 1. The van der Waals surface area contributed by atoms with Crippen LogP contribution in [0.25, 0.3) is 0 Å². The van der Waals surface area contributed by atoms with Crippen molar-refractivity contribution in [3.8, 4) is 5.75 Å². The van der Waals surface area contributed by atoms with E-state index in [4.69, 9.17) is 10.5 Å². The number of anilines is 1. The summed E-state index contributed by atoms with van der Waals surface area (Å²) in [4.78, 5) is 5.12. The van der Waals surface area contributed by atoms with E-state index in [9.17, 15) is 0 Å². The van der Waals surface area contributed by atoms with Gasteiger partial charge in [-0.25, -0.2) is 0 Å². The Labute approximate surface area is 128 Å². The highest BCUT2D eigenvalue weighted by atomic mass is 16.5. The van der Waals surface area contributed by atoms with Crippen molar-refractivity contribution in [3.05, 3.63) is 24.3 Å². The Morgan fingerprint density at radius 3 is 2.52 bits per heavy atom. The Morgan fingerprint density at radius 1 is 1.14 bits per heavy atom. The highest BCUT2D eigenvalue weighted by Crippen LogP contribution is 2.14. The van der Waals surface area contributed by atoms with Gasteiger partial charge in [-0.1, -0.05) is 19.9 Å². The Kier molecular flexibility index (Phi) is 6.33. The van der Waals surface area contributed by atoms with E-state index < -0.39 is 0 Å². The number of nitrogens with two attached hydrogens (primary N) is 1. The second kappa shape index (κ2) is 8.25. The second-order valence-electron chi connectivity index (χ2n) is 6.31. The van der Waals surface area contributed by atoms with Crippen LogP contribution < -0.4 is 10.5 Å². The Bertz CT molecular complexity index is 414. The van der Waals surface area contributed by atoms with Crippen LogP contribution in [-0.4, -0.2) is 55.7 Å². The minimum absolute atomic E-state index is 0.758. The first-order valence-corrected chi connectivity index (χ1v) is 8.06. The van der Waals surface area contributed by atoms with Crippen molar-refractivity contribution in [1.29, 1.82) is 0 Å². The molecule has 2 N–H and O–H groups in total. The maximum atomic E-state index is 5.73. The summed E-state index contributed by atoms with van der Waals surface area (Å²) in [5.41, 5.74) is 6.49. The monoisotopic (exact) mass is 291 g/mol. The Hall–Kier alpha value is -1.26. The number of benzene rings is 1. The van der Waals surface area contributed by atoms with Crippen LogP contribution >= 0.6 is 0 Å². The quantitative estimate of drug-likeness (QED) is 0.618. The van der Waals surface area contributed by atoms with E-state index in [0.717, 1.165) is 36.9 Å². The number of nitrogens with zero attached hydrogens (tertiary/aromatic N) is 2. The van der Waals surface area contributed by atoms with E-state index in [1.54, 1.807) is 0 Å². The van der Waals surface area contributed by atoms with Gasteiger partial charge in [0.1, 0.15) is 5.75 Å². The van der Waals surface area contributed by atoms with Crippen molar-refractivity contribution in [2.75, 3.05) is 51.6 Å². The number of rotatable bonds is 7. The molecule has 21 heavy (non-hydrogen) atoms. The second-order valence-corrected chi connectivity index (χ2v) is 6.31. The van der Waals surface area contributed by atoms with Gasteiger partial charge in [0.25, 0.3) is 0 Å². The van der Waals surface area contributed by atoms with Gasteiger partial charge < -0.3 is 20.3 Å². The van der Waals surface area contributed by atoms with Crippen LogP contribution in [0.15, 0.2) is 24.3 Å². The predicted molar refractivity (Wildman–Crippen MR) is 88.7 cm³/mol. The van der Waals surface area contributed by atoms with Crippen molar-refractivity contribution >= 4 is 5.69 Å². The first kappa shape index (κ1) is 16.1. The molecule has 0 unspecified atom stereocenters. The molecule has 0 saturated carbocycles. The highest BCUT2D eigenvalue weighted by molar-refractivity contribution is 5.43. The fourth-order valence-corrected chi connectivity index (χ4v) is 2.79. The Morgan fingerprint density at radius 2 is 1.86 bits per heavy atom. The summed E-state index contributed by atoms with van der Waals surface area (Å²) in [6.45, 7) is 12.5. The molecule has 1 fully saturated rings. The zero-order chi connectivity index (χ0) is 15.1. The minimum atomic E-state index is 0.758. The van der Waals surface area contributed by atoms with Crippen LogP contribution in [0.3, 0.4) is 0 Å².